The topological polar surface area (TPSA) is 55.6 Å². The highest BCUT2D eigenvalue weighted by Crippen LogP contribution is 2.04. The predicted octanol–water partition coefficient (Wildman–Crippen LogP) is -0.299. The van der Waals surface area contributed by atoms with Gasteiger partial charge in [0, 0.05) is 0 Å². The van der Waals surface area contributed by atoms with Crippen LogP contribution in [-0.2, 0) is 4.74 Å². The quantitative estimate of drug-likeness (QED) is 0.349. The van der Waals surface area contributed by atoms with E-state index in [1.807, 2.05) is 6.92 Å². The van der Waals surface area contributed by atoms with Gasteiger partial charge in [-0.3, -0.25) is 0 Å². The molecule has 1 rings (SSSR count). The molecule has 0 aromatic rings. The molecule has 0 saturated carbocycles. The van der Waals surface area contributed by atoms with Crippen LogP contribution in [0, 0.1) is 0 Å². The Morgan fingerprint density at radius 3 is 2.75 bits per heavy atom. The van der Waals surface area contributed by atoms with Gasteiger partial charge in [-0.15, -0.1) is 0 Å². The van der Waals surface area contributed by atoms with E-state index in [0.717, 1.165) is 5.01 Å². The number of hydrogen-bond donors (Lipinski definition) is 1. The van der Waals surface area contributed by atoms with Crippen molar-refractivity contribution in [1.82, 2.24) is 5.01 Å². The molecule has 1 aliphatic heterocycles. The lowest BCUT2D eigenvalue weighted by molar-refractivity contribution is 0.158. The third-order valence-electron chi connectivity index (χ3n) is 1.13. The summed E-state index contributed by atoms with van der Waals surface area (Å²) in [7, 11) is 0. The molecule has 46 valence electrons. The van der Waals surface area contributed by atoms with E-state index < -0.39 is 6.09 Å². The van der Waals surface area contributed by atoms with Gasteiger partial charge < -0.3 is 4.74 Å². The minimum absolute atomic E-state index is 0.0301. The van der Waals surface area contributed by atoms with Gasteiger partial charge in [-0.2, -0.15) is 0 Å². The SMILES string of the molecule is CC1COC(=O)N1N. The van der Waals surface area contributed by atoms with Crippen LogP contribution in [0.2, 0.25) is 0 Å². The Morgan fingerprint density at radius 1 is 2.00 bits per heavy atom. The van der Waals surface area contributed by atoms with Crippen molar-refractivity contribution < 1.29 is 9.53 Å². The summed E-state index contributed by atoms with van der Waals surface area (Å²) in [5.41, 5.74) is 0. The predicted molar refractivity (Wildman–Crippen MR) is 26.8 cm³/mol. The first-order valence-electron chi connectivity index (χ1n) is 2.42. The fourth-order valence-electron chi connectivity index (χ4n) is 0.527. The van der Waals surface area contributed by atoms with Crippen molar-refractivity contribution in [3.8, 4) is 0 Å². The van der Waals surface area contributed by atoms with Crippen molar-refractivity contribution in [2.75, 3.05) is 6.61 Å². The van der Waals surface area contributed by atoms with E-state index in [1.165, 1.54) is 0 Å². The zero-order chi connectivity index (χ0) is 6.15. The standard InChI is InChI=1S/C4H8N2O2/c1-3-2-8-4(7)6(3)5/h3H,2,5H2,1H3. The molecule has 0 bridgehead atoms. The van der Waals surface area contributed by atoms with E-state index in [1.54, 1.807) is 0 Å². The fraction of sp³-hybridized carbons (Fsp3) is 0.750. The molecule has 1 saturated heterocycles. The van der Waals surface area contributed by atoms with E-state index in [-0.39, 0.29) is 6.04 Å². The molecule has 4 nitrogen and oxygen atoms in total. The molecule has 0 spiro atoms. The van der Waals surface area contributed by atoms with Gasteiger partial charge in [-0.1, -0.05) is 0 Å². The first kappa shape index (κ1) is 5.37. The van der Waals surface area contributed by atoms with Crippen molar-refractivity contribution >= 4 is 6.09 Å². The Balaban J connectivity index is 2.56. The van der Waals surface area contributed by atoms with Crippen LogP contribution in [0.3, 0.4) is 0 Å². The monoisotopic (exact) mass is 116 g/mol. The Morgan fingerprint density at radius 2 is 2.62 bits per heavy atom. The van der Waals surface area contributed by atoms with Gasteiger partial charge in [-0.25, -0.2) is 15.6 Å². The molecule has 1 heterocycles. The summed E-state index contributed by atoms with van der Waals surface area (Å²) >= 11 is 0. The molecule has 1 unspecified atom stereocenters. The number of hydrazine groups is 1. The van der Waals surface area contributed by atoms with Crippen LogP contribution < -0.4 is 5.84 Å². The number of amides is 1. The number of carbonyl (C=O) groups is 1. The smallest absolute Gasteiger partial charge is 0.424 e. The summed E-state index contributed by atoms with van der Waals surface area (Å²) < 4.78 is 4.54. The zero-order valence-electron chi connectivity index (χ0n) is 4.63. The number of ether oxygens (including phenoxy) is 1. The van der Waals surface area contributed by atoms with Gasteiger partial charge in [0.05, 0.1) is 6.04 Å². The lowest BCUT2D eigenvalue weighted by Gasteiger charge is -2.07. The van der Waals surface area contributed by atoms with E-state index >= 15 is 0 Å². The van der Waals surface area contributed by atoms with Gasteiger partial charge in [0.1, 0.15) is 6.61 Å². The van der Waals surface area contributed by atoms with Crippen LogP contribution in [0.5, 0.6) is 0 Å². The van der Waals surface area contributed by atoms with Gasteiger partial charge in [0.2, 0.25) is 0 Å². The van der Waals surface area contributed by atoms with E-state index in [4.69, 9.17) is 5.84 Å². The molecule has 0 aromatic heterocycles. The molecule has 8 heavy (non-hydrogen) atoms. The second-order valence-electron chi connectivity index (χ2n) is 1.83. The first-order valence-corrected chi connectivity index (χ1v) is 2.42. The molecule has 1 amide bonds. The van der Waals surface area contributed by atoms with E-state index in [2.05, 4.69) is 4.74 Å². The van der Waals surface area contributed by atoms with E-state index in [0.29, 0.717) is 6.61 Å². The van der Waals surface area contributed by atoms with Crippen LogP contribution in [0.4, 0.5) is 4.79 Å². The Bertz CT molecular complexity index is 115. The van der Waals surface area contributed by atoms with Gasteiger partial charge >= 0.3 is 6.09 Å². The lowest BCUT2D eigenvalue weighted by atomic mass is 10.4. The molecular formula is C4H8N2O2. The minimum Gasteiger partial charge on any atom is -0.446 e. The number of nitrogens with two attached hydrogens (primary N) is 1. The van der Waals surface area contributed by atoms with Crippen molar-refractivity contribution in [2.45, 2.75) is 13.0 Å². The first-order chi connectivity index (χ1) is 3.72. The summed E-state index contributed by atoms with van der Waals surface area (Å²) in [5.74, 6) is 5.18. The summed E-state index contributed by atoms with van der Waals surface area (Å²) in [6.07, 6.45) is -0.433. The maximum Gasteiger partial charge on any atom is 0.424 e. The van der Waals surface area contributed by atoms with Crippen LogP contribution >= 0.6 is 0 Å². The van der Waals surface area contributed by atoms with Crippen LogP contribution in [0.1, 0.15) is 6.92 Å². The number of rotatable bonds is 0. The number of hydrogen-bond acceptors (Lipinski definition) is 3. The molecule has 1 atom stereocenters. The number of carbonyl (C=O) groups excluding carboxylic acids is 1. The molecule has 1 aliphatic rings. The Hall–Kier alpha value is -0.770. The van der Waals surface area contributed by atoms with E-state index in [9.17, 15) is 4.79 Å². The van der Waals surface area contributed by atoms with Crippen molar-refractivity contribution in [1.29, 1.82) is 0 Å². The average molecular weight is 116 g/mol. The average Bonchev–Trinajstić information content (AvgIpc) is 1.98. The van der Waals surface area contributed by atoms with Crippen molar-refractivity contribution in [2.24, 2.45) is 5.84 Å². The summed E-state index contributed by atoms with van der Waals surface area (Å²) in [6, 6.07) is 0.0301. The highest BCUT2D eigenvalue weighted by atomic mass is 16.6. The summed E-state index contributed by atoms with van der Waals surface area (Å²) in [6.45, 7) is 2.24. The number of cyclic esters (lactones) is 1. The molecule has 2 N–H and O–H groups in total. The third-order valence-corrected chi connectivity index (χ3v) is 1.13. The molecular weight excluding hydrogens is 108 g/mol. The van der Waals surface area contributed by atoms with Crippen LogP contribution in [0.25, 0.3) is 0 Å². The zero-order valence-corrected chi connectivity index (χ0v) is 4.63. The van der Waals surface area contributed by atoms with Crippen LogP contribution in [-0.4, -0.2) is 23.8 Å². The van der Waals surface area contributed by atoms with Gasteiger partial charge in [0.15, 0.2) is 0 Å². The van der Waals surface area contributed by atoms with Gasteiger partial charge in [0.25, 0.3) is 0 Å². The molecule has 4 heteroatoms. The maximum absolute atomic E-state index is 10.4. The second kappa shape index (κ2) is 1.63. The number of nitrogens with zero attached hydrogens (tertiary/aromatic N) is 1. The van der Waals surface area contributed by atoms with Gasteiger partial charge in [-0.05, 0) is 6.92 Å². The summed E-state index contributed by atoms with van der Waals surface area (Å²) in [5, 5.41) is 1.08. The largest absolute Gasteiger partial charge is 0.446 e. The Labute approximate surface area is 47.2 Å². The Kier molecular flexibility index (Phi) is 1.09. The molecule has 0 aliphatic carbocycles. The normalized spacial score (nSPS) is 28.5. The maximum atomic E-state index is 10.4. The second-order valence-corrected chi connectivity index (χ2v) is 1.83. The summed E-state index contributed by atoms with van der Waals surface area (Å²) in [4.78, 5) is 10.4. The molecule has 0 aromatic carbocycles. The highest BCUT2D eigenvalue weighted by molar-refractivity contribution is 5.69. The highest BCUT2D eigenvalue weighted by Gasteiger charge is 2.25. The van der Waals surface area contributed by atoms with Crippen molar-refractivity contribution in [3.63, 3.8) is 0 Å². The van der Waals surface area contributed by atoms with Crippen LogP contribution in [0.15, 0.2) is 0 Å². The third kappa shape index (κ3) is 0.626. The minimum atomic E-state index is -0.433. The molecule has 1 fully saturated rings. The lowest BCUT2D eigenvalue weighted by Crippen LogP contribution is -2.37. The van der Waals surface area contributed by atoms with Crippen molar-refractivity contribution in [3.05, 3.63) is 0 Å². The fourth-order valence-corrected chi connectivity index (χ4v) is 0.527. The molecule has 0 radical (unpaired) electrons.